The van der Waals surface area contributed by atoms with E-state index < -0.39 is 23.3 Å². The average Bonchev–Trinajstić information content (AvgIpc) is 2.76. The smallest absolute Gasteiger partial charge is 0.142 e. The van der Waals surface area contributed by atoms with Crippen LogP contribution in [0.1, 0.15) is 73.6 Å². The Bertz CT molecular complexity index is 1040. The molecule has 2 aromatic carbocycles. The van der Waals surface area contributed by atoms with Gasteiger partial charge in [0.15, 0.2) is 0 Å². The Kier molecular flexibility index (Phi) is 6.74. The summed E-state index contributed by atoms with van der Waals surface area (Å²) < 4.78 is 56.9. The van der Waals surface area contributed by atoms with Crippen molar-refractivity contribution in [1.82, 2.24) is 0 Å². The van der Waals surface area contributed by atoms with Gasteiger partial charge < -0.3 is 0 Å². The molecule has 168 valence electrons. The Labute approximate surface area is 187 Å². The summed E-state index contributed by atoms with van der Waals surface area (Å²) in [5.74, 6) is 4.14. The van der Waals surface area contributed by atoms with Crippen LogP contribution in [0, 0.1) is 59.8 Å². The number of rotatable bonds is 2. The van der Waals surface area contributed by atoms with Crippen LogP contribution in [-0.2, 0) is 0 Å². The quantitative estimate of drug-likeness (QED) is 0.254. The first-order valence-electron chi connectivity index (χ1n) is 11.4. The molecule has 0 aliphatic heterocycles. The van der Waals surface area contributed by atoms with Crippen LogP contribution >= 0.6 is 0 Å². The SMILES string of the molecule is C/C=C/C1CCC2CC(c3cc(F)c(C#Cc4cc(F)c(C)c(F)c4)c(F)c3)CCC2C1. The molecule has 4 atom stereocenters. The molecule has 2 fully saturated rings. The summed E-state index contributed by atoms with van der Waals surface area (Å²) in [6, 6.07) is 4.91. The number of fused-ring (bicyclic) bond motifs is 1. The van der Waals surface area contributed by atoms with E-state index in [-0.39, 0.29) is 22.6 Å². The van der Waals surface area contributed by atoms with Crippen LogP contribution in [0.5, 0.6) is 0 Å². The normalized spacial score (nSPS) is 25.3. The molecule has 2 aliphatic carbocycles. The zero-order chi connectivity index (χ0) is 22.8. The zero-order valence-corrected chi connectivity index (χ0v) is 18.5. The van der Waals surface area contributed by atoms with Gasteiger partial charge in [-0.3, -0.25) is 0 Å². The maximum Gasteiger partial charge on any atom is 0.142 e. The highest BCUT2D eigenvalue weighted by molar-refractivity contribution is 5.46. The lowest BCUT2D eigenvalue weighted by molar-refractivity contribution is 0.133. The van der Waals surface area contributed by atoms with Crippen LogP contribution in [0.3, 0.4) is 0 Å². The molecule has 32 heavy (non-hydrogen) atoms. The highest BCUT2D eigenvalue weighted by Gasteiger charge is 2.35. The van der Waals surface area contributed by atoms with E-state index in [1.165, 1.54) is 38.3 Å². The second kappa shape index (κ2) is 9.53. The van der Waals surface area contributed by atoms with Crippen LogP contribution in [0.2, 0.25) is 0 Å². The van der Waals surface area contributed by atoms with Gasteiger partial charge in [-0.15, -0.1) is 0 Å². The van der Waals surface area contributed by atoms with Gasteiger partial charge in [0.1, 0.15) is 23.3 Å². The van der Waals surface area contributed by atoms with Gasteiger partial charge >= 0.3 is 0 Å². The summed E-state index contributed by atoms with van der Waals surface area (Å²) >= 11 is 0. The molecule has 0 nitrogen and oxygen atoms in total. The Balaban J connectivity index is 1.51. The molecule has 2 aromatic rings. The van der Waals surface area contributed by atoms with E-state index in [1.807, 2.05) is 0 Å². The molecule has 4 unspecified atom stereocenters. The summed E-state index contributed by atoms with van der Waals surface area (Å²) in [5, 5.41) is 0. The van der Waals surface area contributed by atoms with Gasteiger partial charge in [-0.25, -0.2) is 17.6 Å². The highest BCUT2D eigenvalue weighted by Crippen LogP contribution is 2.48. The van der Waals surface area contributed by atoms with Gasteiger partial charge in [0.05, 0.1) is 5.56 Å². The highest BCUT2D eigenvalue weighted by atomic mass is 19.1. The number of benzene rings is 2. The first-order valence-corrected chi connectivity index (χ1v) is 11.4. The molecule has 4 heteroatoms. The molecule has 0 bridgehead atoms. The van der Waals surface area contributed by atoms with Crippen molar-refractivity contribution in [1.29, 1.82) is 0 Å². The number of halogens is 4. The predicted molar refractivity (Wildman–Crippen MR) is 119 cm³/mol. The molecule has 2 saturated carbocycles. The van der Waals surface area contributed by atoms with Gasteiger partial charge in [-0.1, -0.05) is 24.0 Å². The third kappa shape index (κ3) is 4.77. The Morgan fingerprint density at radius 3 is 2.06 bits per heavy atom. The molecular weight excluding hydrogens is 412 g/mol. The molecule has 2 aliphatic rings. The maximum absolute atomic E-state index is 14.8. The van der Waals surface area contributed by atoms with Crippen molar-refractivity contribution in [2.24, 2.45) is 17.8 Å². The minimum atomic E-state index is -0.735. The zero-order valence-electron chi connectivity index (χ0n) is 18.5. The van der Waals surface area contributed by atoms with Crippen LogP contribution in [0.25, 0.3) is 0 Å². The summed E-state index contributed by atoms with van der Waals surface area (Å²) in [6.45, 7) is 3.39. The third-order valence-electron chi connectivity index (χ3n) is 7.27. The largest absolute Gasteiger partial charge is 0.207 e. The van der Waals surface area contributed by atoms with Gasteiger partial charge in [0.25, 0.3) is 0 Å². The van der Waals surface area contributed by atoms with E-state index in [2.05, 4.69) is 30.9 Å². The summed E-state index contributed by atoms with van der Waals surface area (Å²) in [7, 11) is 0. The lowest BCUT2D eigenvalue weighted by atomic mass is 9.64. The standard InChI is InChI=1S/C28H28F4/c1-3-4-18-5-7-21-14-22(9-8-20(21)11-18)23-15-27(31)24(28(32)16-23)10-6-19-12-25(29)17(2)26(30)13-19/h3-4,12-13,15-16,18,20-22H,5,7-9,11,14H2,1-2H3/b4-3+. The van der Waals surface area contributed by atoms with E-state index in [0.29, 0.717) is 23.3 Å². The molecule has 0 radical (unpaired) electrons. The molecule has 0 heterocycles. The number of hydrogen-bond donors (Lipinski definition) is 0. The molecule has 0 amide bonds. The van der Waals surface area contributed by atoms with Gasteiger partial charge in [0.2, 0.25) is 0 Å². The first kappa shape index (κ1) is 22.6. The predicted octanol–water partition coefficient (Wildman–Crippen LogP) is 7.83. The monoisotopic (exact) mass is 440 g/mol. The summed E-state index contributed by atoms with van der Waals surface area (Å²) in [5.41, 5.74) is 0.255. The lowest BCUT2D eigenvalue weighted by Gasteiger charge is -2.41. The van der Waals surface area contributed by atoms with E-state index in [9.17, 15) is 17.6 Å². The maximum atomic E-state index is 14.8. The average molecular weight is 441 g/mol. The topological polar surface area (TPSA) is 0 Å². The van der Waals surface area contributed by atoms with Crippen molar-refractivity contribution >= 4 is 0 Å². The Morgan fingerprint density at radius 1 is 0.781 bits per heavy atom. The van der Waals surface area contributed by atoms with E-state index >= 15 is 0 Å². The van der Waals surface area contributed by atoms with E-state index in [1.54, 1.807) is 0 Å². The van der Waals surface area contributed by atoms with Crippen LogP contribution in [-0.4, -0.2) is 0 Å². The molecular formula is C28H28F4. The van der Waals surface area contributed by atoms with Crippen molar-refractivity contribution in [3.05, 3.63) is 81.9 Å². The van der Waals surface area contributed by atoms with Crippen molar-refractivity contribution in [3.8, 4) is 11.8 Å². The Hall–Kier alpha value is -2.54. The van der Waals surface area contributed by atoms with Crippen LogP contribution in [0.4, 0.5) is 17.6 Å². The molecule has 0 saturated heterocycles. The van der Waals surface area contributed by atoms with Crippen molar-refractivity contribution in [2.45, 2.75) is 58.3 Å². The summed E-state index contributed by atoms with van der Waals surface area (Å²) in [4.78, 5) is 0. The number of hydrogen-bond acceptors (Lipinski definition) is 0. The van der Waals surface area contributed by atoms with Gasteiger partial charge in [-0.2, -0.15) is 0 Å². The minimum Gasteiger partial charge on any atom is -0.207 e. The minimum absolute atomic E-state index is 0.0420. The Morgan fingerprint density at radius 2 is 1.41 bits per heavy atom. The summed E-state index contributed by atoms with van der Waals surface area (Å²) in [6.07, 6.45) is 11.0. The first-order chi connectivity index (χ1) is 15.4. The second-order valence-electron chi connectivity index (χ2n) is 9.30. The second-order valence-corrected chi connectivity index (χ2v) is 9.30. The van der Waals surface area contributed by atoms with Crippen molar-refractivity contribution in [2.75, 3.05) is 0 Å². The van der Waals surface area contributed by atoms with Gasteiger partial charge in [-0.05, 0) is 106 Å². The van der Waals surface area contributed by atoms with Crippen LogP contribution < -0.4 is 0 Å². The lowest BCUT2D eigenvalue weighted by Crippen LogP contribution is -2.30. The van der Waals surface area contributed by atoms with E-state index in [0.717, 1.165) is 31.4 Å². The molecule has 0 spiro atoms. The fraction of sp³-hybridized carbons (Fsp3) is 0.429. The van der Waals surface area contributed by atoms with E-state index in [4.69, 9.17) is 0 Å². The number of allylic oxidation sites excluding steroid dienone is 2. The fourth-order valence-electron chi connectivity index (χ4n) is 5.48. The van der Waals surface area contributed by atoms with Crippen molar-refractivity contribution < 1.29 is 17.6 Å². The molecule has 0 aromatic heterocycles. The van der Waals surface area contributed by atoms with Crippen LogP contribution in [0.15, 0.2) is 36.4 Å². The van der Waals surface area contributed by atoms with Crippen molar-refractivity contribution in [3.63, 3.8) is 0 Å². The molecule has 4 rings (SSSR count). The fourth-order valence-corrected chi connectivity index (χ4v) is 5.48. The molecule has 0 N–H and O–H groups in total. The van der Waals surface area contributed by atoms with Gasteiger partial charge in [0, 0.05) is 11.1 Å². The third-order valence-corrected chi connectivity index (χ3v) is 7.27.